The van der Waals surface area contributed by atoms with Gasteiger partial charge in [-0.1, -0.05) is 13.8 Å². The third-order valence-corrected chi connectivity index (χ3v) is 4.02. The average molecular weight is 313 g/mol. The number of rotatable bonds is 4. The number of nitrogens with zero attached hydrogens (tertiary/aromatic N) is 3. The molecule has 7 heteroatoms. The van der Waals surface area contributed by atoms with Crippen molar-refractivity contribution >= 4 is 11.8 Å². The zero-order valence-electron chi connectivity index (χ0n) is 13.1. The van der Waals surface area contributed by atoms with Gasteiger partial charge in [-0.25, -0.2) is 18.7 Å². The van der Waals surface area contributed by atoms with E-state index in [1.165, 1.54) is 13.2 Å². The molecule has 2 heterocycles. The van der Waals surface area contributed by atoms with Gasteiger partial charge in [0, 0.05) is 18.7 Å². The summed E-state index contributed by atoms with van der Waals surface area (Å²) in [4.78, 5) is 21.2. The number of ether oxygens (including phenoxy) is 1. The number of aromatic nitrogens is 2. The first-order valence-corrected chi connectivity index (χ1v) is 7.26. The van der Waals surface area contributed by atoms with E-state index in [-0.39, 0.29) is 29.5 Å². The van der Waals surface area contributed by atoms with Gasteiger partial charge in [-0.05, 0) is 18.3 Å². The van der Waals surface area contributed by atoms with E-state index in [4.69, 9.17) is 4.74 Å². The second kappa shape index (κ2) is 6.54. The van der Waals surface area contributed by atoms with Gasteiger partial charge in [-0.2, -0.15) is 0 Å². The highest BCUT2D eigenvalue weighted by atomic mass is 19.3. The van der Waals surface area contributed by atoms with Crippen LogP contribution in [0.5, 0.6) is 0 Å². The minimum absolute atomic E-state index is 0.0303. The summed E-state index contributed by atoms with van der Waals surface area (Å²) in [5, 5.41) is 0. The standard InChI is InChI=1S/C15H21F2N3O2/c1-15(2)5-4-10(6-13(21)22-3)20(8-15)12-7-11(14(16)17)18-9-19-12/h7,9-10,14H,4-6,8H2,1-3H3. The summed E-state index contributed by atoms with van der Waals surface area (Å²) < 4.78 is 30.4. The summed E-state index contributed by atoms with van der Waals surface area (Å²) in [7, 11) is 1.35. The molecule has 22 heavy (non-hydrogen) atoms. The first kappa shape index (κ1) is 16.6. The van der Waals surface area contributed by atoms with E-state index in [1.54, 1.807) is 0 Å². The normalized spacial score (nSPS) is 21.0. The van der Waals surface area contributed by atoms with E-state index in [9.17, 15) is 13.6 Å². The van der Waals surface area contributed by atoms with Crippen LogP contribution in [0.1, 0.15) is 45.2 Å². The van der Waals surface area contributed by atoms with Gasteiger partial charge >= 0.3 is 5.97 Å². The Morgan fingerprint density at radius 3 is 2.86 bits per heavy atom. The van der Waals surface area contributed by atoms with E-state index in [1.807, 2.05) is 4.90 Å². The maximum atomic E-state index is 12.8. The summed E-state index contributed by atoms with van der Waals surface area (Å²) in [5.41, 5.74) is -0.270. The largest absolute Gasteiger partial charge is 0.469 e. The zero-order valence-corrected chi connectivity index (χ0v) is 13.1. The molecule has 1 aliphatic rings. The first-order valence-electron chi connectivity index (χ1n) is 7.26. The van der Waals surface area contributed by atoms with E-state index in [2.05, 4.69) is 23.8 Å². The van der Waals surface area contributed by atoms with Crippen molar-refractivity contribution in [2.24, 2.45) is 5.41 Å². The van der Waals surface area contributed by atoms with Crippen molar-refractivity contribution in [2.45, 2.75) is 45.6 Å². The Balaban J connectivity index is 2.28. The maximum Gasteiger partial charge on any atom is 0.307 e. The Morgan fingerprint density at radius 2 is 2.23 bits per heavy atom. The van der Waals surface area contributed by atoms with Crippen LogP contribution in [0.3, 0.4) is 0 Å². The number of esters is 1. The molecule has 0 spiro atoms. The lowest BCUT2D eigenvalue weighted by atomic mass is 9.80. The predicted octanol–water partition coefficient (Wildman–Crippen LogP) is 2.97. The molecule has 1 saturated heterocycles. The lowest BCUT2D eigenvalue weighted by Crippen LogP contribution is -2.48. The monoisotopic (exact) mass is 313 g/mol. The third kappa shape index (κ3) is 3.90. The van der Waals surface area contributed by atoms with E-state index < -0.39 is 6.43 Å². The summed E-state index contributed by atoms with van der Waals surface area (Å²) in [5.74, 6) is 0.129. The van der Waals surface area contributed by atoms with Crippen LogP contribution < -0.4 is 4.90 Å². The highest BCUT2D eigenvalue weighted by molar-refractivity contribution is 5.70. The molecule has 1 atom stereocenters. The number of piperidine rings is 1. The molecule has 1 fully saturated rings. The van der Waals surface area contributed by atoms with Crippen molar-refractivity contribution in [3.05, 3.63) is 18.1 Å². The molecule has 0 radical (unpaired) electrons. The van der Waals surface area contributed by atoms with Crippen LogP contribution in [0.25, 0.3) is 0 Å². The number of hydrogen-bond donors (Lipinski definition) is 0. The lowest BCUT2D eigenvalue weighted by Gasteiger charge is -2.44. The molecule has 0 bridgehead atoms. The first-order chi connectivity index (χ1) is 10.3. The molecule has 0 amide bonds. The van der Waals surface area contributed by atoms with Crippen molar-refractivity contribution in [1.82, 2.24) is 9.97 Å². The molecule has 122 valence electrons. The molecule has 0 N–H and O–H groups in total. The number of carbonyl (C=O) groups is 1. The zero-order chi connectivity index (χ0) is 16.3. The molecule has 0 aromatic carbocycles. The van der Waals surface area contributed by atoms with Crippen LogP contribution >= 0.6 is 0 Å². The van der Waals surface area contributed by atoms with Gasteiger partial charge in [0.25, 0.3) is 6.43 Å². The smallest absolute Gasteiger partial charge is 0.307 e. The van der Waals surface area contributed by atoms with Crippen LogP contribution in [-0.2, 0) is 9.53 Å². The average Bonchev–Trinajstić information content (AvgIpc) is 2.48. The summed E-state index contributed by atoms with van der Waals surface area (Å²) in [6, 6.07) is 1.21. The highest BCUT2D eigenvalue weighted by Crippen LogP contribution is 2.36. The van der Waals surface area contributed by atoms with Crippen molar-refractivity contribution in [3.63, 3.8) is 0 Å². The summed E-state index contributed by atoms with van der Waals surface area (Å²) >= 11 is 0. The van der Waals surface area contributed by atoms with Crippen molar-refractivity contribution in [3.8, 4) is 0 Å². The number of anilines is 1. The molecule has 2 rings (SSSR count). The minimum atomic E-state index is -2.64. The number of halogens is 2. The number of hydrogen-bond acceptors (Lipinski definition) is 5. The van der Waals surface area contributed by atoms with Crippen LogP contribution in [0.15, 0.2) is 12.4 Å². The molecular formula is C15H21F2N3O2. The molecular weight excluding hydrogens is 292 g/mol. The second-order valence-corrected chi connectivity index (χ2v) is 6.37. The van der Waals surface area contributed by atoms with E-state index in [0.29, 0.717) is 12.4 Å². The van der Waals surface area contributed by atoms with Gasteiger partial charge in [0.15, 0.2) is 0 Å². The Kier molecular flexibility index (Phi) is 4.93. The SMILES string of the molecule is COC(=O)CC1CCC(C)(C)CN1c1cc(C(F)F)ncn1. The topological polar surface area (TPSA) is 55.3 Å². The van der Waals surface area contributed by atoms with Gasteiger partial charge in [-0.15, -0.1) is 0 Å². The van der Waals surface area contributed by atoms with Gasteiger partial charge in [0.05, 0.1) is 13.5 Å². The molecule has 1 aromatic rings. The van der Waals surface area contributed by atoms with Crippen molar-refractivity contribution in [2.75, 3.05) is 18.6 Å². The Morgan fingerprint density at radius 1 is 1.50 bits per heavy atom. The molecule has 1 aliphatic heterocycles. The molecule has 0 saturated carbocycles. The fourth-order valence-electron chi connectivity index (χ4n) is 2.78. The highest BCUT2D eigenvalue weighted by Gasteiger charge is 2.35. The Bertz CT molecular complexity index is 537. The van der Waals surface area contributed by atoms with Gasteiger partial charge in [-0.3, -0.25) is 4.79 Å². The minimum Gasteiger partial charge on any atom is -0.469 e. The van der Waals surface area contributed by atoms with E-state index >= 15 is 0 Å². The maximum absolute atomic E-state index is 12.8. The van der Waals surface area contributed by atoms with Gasteiger partial charge in [0.2, 0.25) is 0 Å². The Labute approximate surface area is 128 Å². The van der Waals surface area contributed by atoms with Crippen molar-refractivity contribution in [1.29, 1.82) is 0 Å². The molecule has 0 aliphatic carbocycles. The predicted molar refractivity (Wildman–Crippen MR) is 77.8 cm³/mol. The number of alkyl halides is 2. The number of carbonyl (C=O) groups excluding carboxylic acids is 1. The van der Waals surface area contributed by atoms with Crippen LogP contribution in [0, 0.1) is 5.41 Å². The van der Waals surface area contributed by atoms with Gasteiger partial charge < -0.3 is 9.64 Å². The quantitative estimate of drug-likeness (QED) is 0.800. The molecule has 5 nitrogen and oxygen atoms in total. The third-order valence-electron chi connectivity index (χ3n) is 4.02. The van der Waals surface area contributed by atoms with E-state index in [0.717, 1.165) is 19.2 Å². The van der Waals surface area contributed by atoms with Crippen LogP contribution in [0.2, 0.25) is 0 Å². The lowest BCUT2D eigenvalue weighted by molar-refractivity contribution is -0.141. The molecule has 1 aromatic heterocycles. The van der Waals surface area contributed by atoms with Gasteiger partial charge in [0.1, 0.15) is 17.8 Å². The van der Waals surface area contributed by atoms with Crippen LogP contribution in [-0.4, -0.2) is 35.6 Å². The fraction of sp³-hybridized carbons (Fsp3) is 0.667. The second-order valence-electron chi connectivity index (χ2n) is 6.37. The van der Waals surface area contributed by atoms with Crippen LogP contribution in [0.4, 0.5) is 14.6 Å². The fourth-order valence-corrected chi connectivity index (χ4v) is 2.78. The summed E-state index contributed by atoms with van der Waals surface area (Å²) in [6.45, 7) is 4.88. The number of methoxy groups -OCH3 is 1. The Hall–Kier alpha value is -1.79. The van der Waals surface area contributed by atoms with Crippen molar-refractivity contribution < 1.29 is 18.3 Å². The summed E-state index contributed by atoms with van der Waals surface area (Å²) in [6.07, 6.45) is 0.473. The molecule has 1 unspecified atom stereocenters.